The number of guanidine groups is 1. The van der Waals surface area contributed by atoms with Gasteiger partial charge in [0.2, 0.25) is 0 Å². The first-order valence-electron chi connectivity index (χ1n) is 5.68. The Balaban J connectivity index is 4.17. The fourth-order valence-corrected chi connectivity index (χ4v) is 1.29. The van der Waals surface area contributed by atoms with Gasteiger partial charge in [0, 0.05) is 40.0 Å². The van der Waals surface area contributed by atoms with Gasteiger partial charge in [-0.25, -0.2) is 0 Å². The third-order valence-electron chi connectivity index (χ3n) is 2.06. The summed E-state index contributed by atoms with van der Waals surface area (Å²) in [7, 11) is 3.38. The highest BCUT2D eigenvalue weighted by molar-refractivity contribution is 5.78. The van der Waals surface area contributed by atoms with Crippen molar-refractivity contribution in [2.45, 2.75) is 26.3 Å². The third kappa shape index (κ3) is 7.48. The van der Waals surface area contributed by atoms with Crippen LogP contribution in [0.5, 0.6) is 0 Å². The van der Waals surface area contributed by atoms with Gasteiger partial charge in [0.15, 0.2) is 5.96 Å². The van der Waals surface area contributed by atoms with E-state index in [1.54, 1.807) is 14.2 Å². The fraction of sp³-hybridized carbons (Fsp3) is 0.909. The van der Waals surface area contributed by atoms with E-state index >= 15 is 0 Å². The van der Waals surface area contributed by atoms with E-state index in [0.717, 1.165) is 26.1 Å². The minimum absolute atomic E-state index is 0.215. The van der Waals surface area contributed by atoms with E-state index in [-0.39, 0.29) is 6.04 Å². The second-order valence-corrected chi connectivity index (χ2v) is 3.91. The van der Waals surface area contributed by atoms with E-state index in [1.807, 2.05) is 18.7 Å². The van der Waals surface area contributed by atoms with Crippen LogP contribution in [0.4, 0.5) is 0 Å². The molecule has 0 saturated heterocycles. The molecule has 0 aliphatic carbocycles. The van der Waals surface area contributed by atoms with Crippen LogP contribution >= 0.6 is 0 Å². The standard InChI is InChI=1S/C11H25N3O2/c1-10(2)13-11(12)14(7-9-16-4)6-5-8-15-3/h10H,5-9H2,1-4H3,(H2,12,13). The van der Waals surface area contributed by atoms with Crippen molar-refractivity contribution in [1.82, 2.24) is 4.90 Å². The molecular formula is C11H25N3O2. The van der Waals surface area contributed by atoms with Gasteiger partial charge in [0.25, 0.3) is 0 Å². The Morgan fingerprint density at radius 1 is 1.19 bits per heavy atom. The SMILES string of the molecule is COCCCN(CCOC)C(N)=NC(C)C. The molecule has 0 fully saturated rings. The Morgan fingerprint density at radius 2 is 1.81 bits per heavy atom. The first kappa shape index (κ1) is 15.2. The lowest BCUT2D eigenvalue weighted by Crippen LogP contribution is -2.41. The highest BCUT2D eigenvalue weighted by atomic mass is 16.5. The Labute approximate surface area is 98.6 Å². The molecule has 0 unspecified atom stereocenters. The Morgan fingerprint density at radius 3 is 2.31 bits per heavy atom. The smallest absolute Gasteiger partial charge is 0.191 e. The zero-order chi connectivity index (χ0) is 12.4. The van der Waals surface area contributed by atoms with Gasteiger partial charge in [-0.2, -0.15) is 0 Å². The quantitative estimate of drug-likeness (QED) is 0.379. The fourth-order valence-electron chi connectivity index (χ4n) is 1.29. The molecular weight excluding hydrogens is 206 g/mol. The molecule has 96 valence electrons. The average molecular weight is 231 g/mol. The van der Waals surface area contributed by atoms with E-state index in [0.29, 0.717) is 12.6 Å². The van der Waals surface area contributed by atoms with Crippen molar-refractivity contribution in [2.24, 2.45) is 10.7 Å². The molecule has 0 amide bonds. The number of hydrogen-bond donors (Lipinski definition) is 1. The Bertz CT molecular complexity index is 196. The summed E-state index contributed by atoms with van der Waals surface area (Å²) < 4.78 is 10.1. The molecule has 0 aromatic heterocycles. The number of methoxy groups -OCH3 is 2. The Hall–Kier alpha value is -0.810. The average Bonchev–Trinajstić information content (AvgIpc) is 2.22. The molecule has 0 saturated carbocycles. The monoisotopic (exact) mass is 231 g/mol. The second kappa shape index (κ2) is 9.42. The summed E-state index contributed by atoms with van der Waals surface area (Å²) >= 11 is 0. The largest absolute Gasteiger partial charge is 0.385 e. The van der Waals surface area contributed by atoms with Gasteiger partial charge in [-0.1, -0.05) is 0 Å². The van der Waals surface area contributed by atoms with E-state index < -0.39 is 0 Å². The van der Waals surface area contributed by atoms with Crippen LogP contribution in [-0.2, 0) is 9.47 Å². The van der Waals surface area contributed by atoms with Gasteiger partial charge in [-0.05, 0) is 20.3 Å². The molecule has 0 heterocycles. The van der Waals surface area contributed by atoms with Crippen LogP contribution in [0.2, 0.25) is 0 Å². The Kier molecular flexibility index (Phi) is 8.94. The van der Waals surface area contributed by atoms with Crippen LogP contribution in [0.15, 0.2) is 4.99 Å². The summed E-state index contributed by atoms with van der Waals surface area (Å²) in [5.41, 5.74) is 5.92. The molecule has 0 bridgehead atoms. The first-order valence-corrected chi connectivity index (χ1v) is 5.68. The van der Waals surface area contributed by atoms with Crippen LogP contribution in [0, 0.1) is 0 Å². The van der Waals surface area contributed by atoms with E-state index in [9.17, 15) is 0 Å². The lowest BCUT2D eigenvalue weighted by Gasteiger charge is -2.23. The highest BCUT2D eigenvalue weighted by Gasteiger charge is 2.07. The number of nitrogens with zero attached hydrogens (tertiary/aromatic N) is 2. The molecule has 5 heteroatoms. The number of nitrogens with two attached hydrogens (primary N) is 1. The number of rotatable bonds is 8. The van der Waals surface area contributed by atoms with Crippen molar-refractivity contribution >= 4 is 5.96 Å². The number of ether oxygens (including phenoxy) is 2. The molecule has 5 nitrogen and oxygen atoms in total. The van der Waals surface area contributed by atoms with Crippen molar-refractivity contribution < 1.29 is 9.47 Å². The summed E-state index contributed by atoms with van der Waals surface area (Å²) in [5.74, 6) is 0.586. The highest BCUT2D eigenvalue weighted by Crippen LogP contribution is 1.95. The van der Waals surface area contributed by atoms with Crippen LogP contribution in [0.25, 0.3) is 0 Å². The van der Waals surface area contributed by atoms with Crippen molar-refractivity contribution in [1.29, 1.82) is 0 Å². The minimum Gasteiger partial charge on any atom is -0.385 e. The molecule has 0 aromatic carbocycles. The molecule has 16 heavy (non-hydrogen) atoms. The normalized spacial score (nSPS) is 12.2. The number of aliphatic imine (C=N–C) groups is 1. The zero-order valence-corrected chi connectivity index (χ0v) is 10.9. The zero-order valence-electron chi connectivity index (χ0n) is 10.9. The van der Waals surface area contributed by atoms with Crippen molar-refractivity contribution in [3.05, 3.63) is 0 Å². The van der Waals surface area contributed by atoms with E-state index in [2.05, 4.69) is 4.99 Å². The topological polar surface area (TPSA) is 60.1 Å². The summed E-state index contributed by atoms with van der Waals surface area (Å²) in [5, 5.41) is 0. The van der Waals surface area contributed by atoms with Gasteiger partial charge in [-0.3, -0.25) is 4.99 Å². The molecule has 0 atom stereocenters. The van der Waals surface area contributed by atoms with Gasteiger partial charge < -0.3 is 20.1 Å². The molecule has 0 aliphatic heterocycles. The summed E-state index contributed by atoms with van der Waals surface area (Å²) in [6.07, 6.45) is 0.939. The van der Waals surface area contributed by atoms with E-state index in [1.165, 1.54) is 0 Å². The van der Waals surface area contributed by atoms with Crippen molar-refractivity contribution in [2.75, 3.05) is 40.5 Å². The lowest BCUT2D eigenvalue weighted by atomic mass is 10.4. The van der Waals surface area contributed by atoms with Gasteiger partial charge >= 0.3 is 0 Å². The number of hydrogen-bond acceptors (Lipinski definition) is 3. The summed E-state index contributed by atoms with van der Waals surface area (Å²) in [6.45, 7) is 7.02. The minimum atomic E-state index is 0.215. The summed E-state index contributed by atoms with van der Waals surface area (Å²) in [6, 6.07) is 0.215. The maximum absolute atomic E-state index is 5.92. The second-order valence-electron chi connectivity index (χ2n) is 3.91. The van der Waals surface area contributed by atoms with Gasteiger partial charge in [0.05, 0.1) is 6.61 Å². The van der Waals surface area contributed by atoms with Gasteiger partial charge in [0.1, 0.15) is 0 Å². The summed E-state index contributed by atoms with van der Waals surface area (Å²) in [4.78, 5) is 6.36. The maximum Gasteiger partial charge on any atom is 0.191 e. The lowest BCUT2D eigenvalue weighted by molar-refractivity contribution is 0.160. The predicted molar refractivity (Wildman–Crippen MR) is 66.7 cm³/mol. The molecule has 0 rings (SSSR count). The van der Waals surface area contributed by atoms with Crippen LogP contribution < -0.4 is 5.73 Å². The van der Waals surface area contributed by atoms with Crippen LogP contribution in [0.1, 0.15) is 20.3 Å². The molecule has 0 radical (unpaired) electrons. The molecule has 2 N–H and O–H groups in total. The van der Waals surface area contributed by atoms with Crippen molar-refractivity contribution in [3.63, 3.8) is 0 Å². The molecule has 0 aliphatic rings. The third-order valence-corrected chi connectivity index (χ3v) is 2.06. The van der Waals surface area contributed by atoms with Crippen LogP contribution in [-0.4, -0.2) is 57.4 Å². The molecule has 0 aromatic rings. The van der Waals surface area contributed by atoms with Crippen molar-refractivity contribution in [3.8, 4) is 0 Å². The van der Waals surface area contributed by atoms with Crippen LogP contribution in [0.3, 0.4) is 0 Å². The molecule has 0 spiro atoms. The van der Waals surface area contributed by atoms with E-state index in [4.69, 9.17) is 15.2 Å². The maximum atomic E-state index is 5.92. The predicted octanol–water partition coefficient (Wildman–Crippen LogP) is 0.694. The van der Waals surface area contributed by atoms with Gasteiger partial charge in [-0.15, -0.1) is 0 Å². The first-order chi connectivity index (χ1) is 7.61.